The molecule has 1 aromatic rings. The minimum atomic E-state index is 0. The average molecular weight is 194 g/mol. The van der Waals surface area contributed by atoms with E-state index in [1.54, 1.807) is 12.4 Å². The average Bonchev–Trinajstić information content (AvgIpc) is 1.72. The van der Waals surface area contributed by atoms with E-state index in [1.165, 1.54) is 0 Å². The predicted molar refractivity (Wildman–Crippen MR) is 30.0 cm³/mol. The number of hydrogen-bond acceptors (Lipinski definition) is 1. The van der Waals surface area contributed by atoms with Crippen molar-refractivity contribution in [1.29, 1.82) is 0 Å². The van der Waals surface area contributed by atoms with E-state index in [1.807, 2.05) is 18.2 Å². The molecule has 0 aliphatic heterocycles. The smallest absolute Gasteiger partial charge is 0.0267 e. The van der Waals surface area contributed by atoms with Gasteiger partial charge in [-0.1, -0.05) is 6.07 Å². The van der Waals surface area contributed by atoms with E-state index in [4.69, 9.17) is 0 Å². The van der Waals surface area contributed by atoms with E-state index in [-0.39, 0.29) is 25.8 Å². The van der Waals surface area contributed by atoms with Crippen LogP contribution in [0.1, 0.15) is 0 Å². The van der Waals surface area contributed by atoms with Gasteiger partial charge in [0.15, 0.2) is 0 Å². The standard InChI is InChI=1S/C5H5N.In/c1-2-4-6-5-3-1;/h1-5H;. The first-order valence-corrected chi connectivity index (χ1v) is 1.85. The van der Waals surface area contributed by atoms with Gasteiger partial charge in [0.05, 0.1) is 0 Å². The van der Waals surface area contributed by atoms with Gasteiger partial charge in [0.1, 0.15) is 0 Å². The molecule has 1 nitrogen and oxygen atoms in total. The summed E-state index contributed by atoms with van der Waals surface area (Å²) in [5.74, 6) is 0. The molecule has 0 atom stereocenters. The Hall–Kier alpha value is 0.0201. The summed E-state index contributed by atoms with van der Waals surface area (Å²) in [6.07, 6.45) is 3.50. The first-order valence-electron chi connectivity index (χ1n) is 1.85. The van der Waals surface area contributed by atoms with Crippen LogP contribution in [0, 0.1) is 0 Å². The monoisotopic (exact) mass is 194 g/mol. The van der Waals surface area contributed by atoms with Gasteiger partial charge in [0.2, 0.25) is 0 Å². The Morgan fingerprint density at radius 1 is 0.857 bits per heavy atom. The van der Waals surface area contributed by atoms with Crippen molar-refractivity contribution in [2.75, 3.05) is 0 Å². The normalized spacial score (nSPS) is 6.86. The Kier molecular flexibility index (Phi) is 4.20. The van der Waals surface area contributed by atoms with E-state index in [9.17, 15) is 0 Å². The maximum atomic E-state index is 3.78. The van der Waals surface area contributed by atoms with Crippen molar-refractivity contribution >= 4 is 25.8 Å². The molecule has 0 N–H and O–H groups in total. The quantitative estimate of drug-likeness (QED) is 0.592. The second-order valence-electron chi connectivity index (χ2n) is 1.02. The SMILES string of the molecule is [In].c1ccncc1. The van der Waals surface area contributed by atoms with Crippen LogP contribution in [0.15, 0.2) is 30.6 Å². The van der Waals surface area contributed by atoms with Crippen molar-refractivity contribution in [3.8, 4) is 0 Å². The molecule has 1 aromatic heterocycles. The molecule has 0 spiro atoms. The fourth-order valence-electron chi connectivity index (χ4n) is 0.313. The van der Waals surface area contributed by atoms with E-state index in [0.717, 1.165) is 0 Å². The first kappa shape index (κ1) is 7.02. The van der Waals surface area contributed by atoms with Gasteiger partial charge < -0.3 is 0 Å². The molecule has 1 rings (SSSR count). The van der Waals surface area contributed by atoms with Gasteiger partial charge in [-0.05, 0) is 12.1 Å². The minimum Gasteiger partial charge on any atom is -0.265 e. The van der Waals surface area contributed by atoms with Crippen molar-refractivity contribution < 1.29 is 0 Å². The Morgan fingerprint density at radius 2 is 1.43 bits per heavy atom. The molecule has 0 unspecified atom stereocenters. The molecule has 33 valence electrons. The van der Waals surface area contributed by atoms with Crippen LogP contribution < -0.4 is 0 Å². The minimum absolute atomic E-state index is 0. The summed E-state index contributed by atoms with van der Waals surface area (Å²) in [4.78, 5) is 3.78. The molecular formula is C5H5InN. The summed E-state index contributed by atoms with van der Waals surface area (Å²) >= 11 is 0. The van der Waals surface area contributed by atoms with Crippen molar-refractivity contribution in [1.82, 2.24) is 4.98 Å². The molecule has 2 heteroatoms. The molecule has 1 heterocycles. The summed E-state index contributed by atoms with van der Waals surface area (Å²) in [6, 6.07) is 5.72. The molecule has 7 heavy (non-hydrogen) atoms. The molecule has 0 saturated carbocycles. The van der Waals surface area contributed by atoms with Crippen LogP contribution in [0.3, 0.4) is 0 Å². The Bertz CT molecular complexity index is 80.0. The van der Waals surface area contributed by atoms with Gasteiger partial charge in [-0.3, -0.25) is 4.98 Å². The third-order valence-corrected chi connectivity index (χ3v) is 0.566. The van der Waals surface area contributed by atoms with Gasteiger partial charge in [-0.2, -0.15) is 0 Å². The third-order valence-electron chi connectivity index (χ3n) is 0.566. The Balaban J connectivity index is 0.000000360. The summed E-state index contributed by atoms with van der Waals surface area (Å²) in [7, 11) is 0. The van der Waals surface area contributed by atoms with Crippen molar-refractivity contribution in [3.05, 3.63) is 30.6 Å². The van der Waals surface area contributed by atoms with Crippen LogP contribution >= 0.6 is 0 Å². The zero-order valence-electron chi connectivity index (χ0n) is 3.91. The second-order valence-corrected chi connectivity index (χ2v) is 1.02. The van der Waals surface area contributed by atoms with Gasteiger partial charge in [0, 0.05) is 38.2 Å². The maximum absolute atomic E-state index is 3.78. The number of aromatic nitrogens is 1. The fourth-order valence-corrected chi connectivity index (χ4v) is 0.313. The largest absolute Gasteiger partial charge is 0.265 e. The number of pyridine rings is 1. The van der Waals surface area contributed by atoms with Crippen LogP contribution in [0.4, 0.5) is 0 Å². The summed E-state index contributed by atoms with van der Waals surface area (Å²) in [6.45, 7) is 0. The second kappa shape index (κ2) is 4.19. The number of nitrogens with zero attached hydrogens (tertiary/aromatic N) is 1. The van der Waals surface area contributed by atoms with Gasteiger partial charge in [-0.25, -0.2) is 0 Å². The van der Waals surface area contributed by atoms with Crippen molar-refractivity contribution in [2.24, 2.45) is 0 Å². The molecule has 0 fully saturated rings. The van der Waals surface area contributed by atoms with E-state index >= 15 is 0 Å². The summed E-state index contributed by atoms with van der Waals surface area (Å²) in [5.41, 5.74) is 0. The van der Waals surface area contributed by atoms with E-state index < -0.39 is 0 Å². The maximum Gasteiger partial charge on any atom is 0.0267 e. The van der Waals surface area contributed by atoms with Gasteiger partial charge >= 0.3 is 0 Å². The Morgan fingerprint density at radius 3 is 1.57 bits per heavy atom. The predicted octanol–water partition coefficient (Wildman–Crippen LogP) is 0.701. The molecule has 3 radical (unpaired) electrons. The molecule has 0 saturated heterocycles. The molecule has 0 aromatic carbocycles. The zero-order valence-corrected chi connectivity index (χ0v) is 7.21. The van der Waals surface area contributed by atoms with Gasteiger partial charge in [-0.15, -0.1) is 0 Å². The number of hydrogen-bond donors (Lipinski definition) is 0. The van der Waals surface area contributed by atoms with Crippen molar-refractivity contribution in [2.45, 2.75) is 0 Å². The summed E-state index contributed by atoms with van der Waals surface area (Å²) in [5, 5.41) is 0. The molecule has 0 aliphatic rings. The summed E-state index contributed by atoms with van der Waals surface area (Å²) < 4.78 is 0. The van der Waals surface area contributed by atoms with E-state index in [2.05, 4.69) is 4.98 Å². The molecule has 0 bridgehead atoms. The molecule has 0 aliphatic carbocycles. The zero-order chi connectivity index (χ0) is 4.24. The van der Waals surface area contributed by atoms with Crippen LogP contribution in [-0.2, 0) is 0 Å². The van der Waals surface area contributed by atoms with Crippen molar-refractivity contribution in [3.63, 3.8) is 0 Å². The van der Waals surface area contributed by atoms with Crippen LogP contribution in [-0.4, -0.2) is 30.8 Å². The van der Waals surface area contributed by atoms with Crippen LogP contribution in [0.5, 0.6) is 0 Å². The van der Waals surface area contributed by atoms with Gasteiger partial charge in [0.25, 0.3) is 0 Å². The van der Waals surface area contributed by atoms with Crippen LogP contribution in [0.2, 0.25) is 0 Å². The Labute approximate surface area is 61.6 Å². The van der Waals surface area contributed by atoms with Crippen LogP contribution in [0.25, 0.3) is 0 Å². The fraction of sp³-hybridized carbons (Fsp3) is 0. The number of rotatable bonds is 0. The molecular weight excluding hydrogens is 189 g/mol. The topological polar surface area (TPSA) is 12.9 Å². The first-order chi connectivity index (χ1) is 3.00. The molecule has 0 amide bonds. The third kappa shape index (κ3) is 2.68. The van der Waals surface area contributed by atoms with E-state index in [0.29, 0.717) is 0 Å².